The fourth-order valence-corrected chi connectivity index (χ4v) is 1.77. The maximum atomic E-state index is 11.7. The number of carboxylic acid groups (broad SMARTS) is 1. The molecule has 2 N–H and O–H groups in total. The first-order chi connectivity index (χ1) is 10.6. The van der Waals surface area contributed by atoms with Crippen molar-refractivity contribution < 1.29 is 19.5 Å². The van der Waals surface area contributed by atoms with E-state index in [1.165, 1.54) is 24.3 Å². The van der Waals surface area contributed by atoms with Crippen molar-refractivity contribution in [2.45, 2.75) is 6.54 Å². The first-order valence-corrected chi connectivity index (χ1v) is 6.51. The highest BCUT2D eigenvalue weighted by Crippen LogP contribution is 2.09. The molecule has 2 aromatic rings. The van der Waals surface area contributed by atoms with E-state index in [2.05, 4.69) is 10.6 Å². The van der Waals surface area contributed by atoms with Gasteiger partial charge in [-0.15, -0.1) is 0 Å². The van der Waals surface area contributed by atoms with Gasteiger partial charge >= 0.3 is 11.8 Å². The first kappa shape index (κ1) is 15.2. The van der Waals surface area contributed by atoms with E-state index in [9.17, 15) is 19.5 Å². The third kappa shape index (κ3) is 4.17. The van der Waals surface area contributed by atoms with Crippen LogP contribution in [0.2, 0.25) is 0 Å². The minimum atomic E-state index is -1.36. The molecular formula is C16H13N2O4-. The number of carbonyl (C=O) groups excluding carboxylic acids is 3. The summed E-state index contributed by atoms with van der Waals surface area (Å²) in [4.78, 5) is 34.1. The lowest BCUT2D eigenvalue weighted by Crippen LogP contribution is -2.35. The van der Waals surface area contributed by atoms with Crippen LogP contribution in [0.15, 0.2) is 54.6 Å². The van der Waals surface area contributed by atoms with Gasteiger partial charge < -0.3 is 20.5 Å². The predicted octanol–water partition coefficient (Wildman–Crippen LogP) is 0.305. The van der Waals surface area contributed by atoms with E-state index < -0.39 is 17.8 Å². The Balaban J connectivity index is 1.92. The van der Waals surface area contributed by atoms with Gasteiger partial charge in [0.15, 0.2) is 0 Å². The number of anilines is 1. The minimum absolute atomic E-state index is 0.0810. The maximum absolute atomic E-state index is 11.7. The van der Waals surface area contributed by atoms with Gasteiger partial charge in [0, 0.05) is 12.2 Å². The molecule has 2 amide bonds. The first-order valence-electron chi connectivity index (χ1n) is 6.51. The summed E-state index contributed by atoms with van der Waals surface area (Å²) in [7, 11) is 0. The summed E-state index contributed by atoms with van der Waals surface area (Å²) < 4.78 is 0. The molecular weight excluding hydrogens is 284 g/mol. The summed E-state index contributed by atoms with van der Waals surface area (Å²) >= 11 is 0. The zero-order valence-corrected chi connectivity index (χ0v) is 11.5. The van der Waals surface area contributed by atoms with Gasteiger partial charge in [-0.05, 0) is 23.3 Å². The average Bonchev–Trinajstić information content (AvgIpc) is 2.53. The zero-order chi connectivity index (χ0) is 15.9. The van der Waals surface area contributed by atoms with Crippen molar-refractivity contribution in [2.24, 2.45) is 0 Å². The van der Waals surface area contributed by atoms with Gasteiger partial charge in [-0.2, -0.15) is 0 Å². The van der Waals surface area contributed by atoms with E-state index in [-0.39, 0.29) is 17.8 Å². The Bertz CT molecular complexity index is 698. The molecule has 0 aliphatic carbocycles. The van der Waals surface area contributed by atoms with Crippen LogP contribution in [0.3, 0.4) is 0 Å². The summed E-state index contributed by atoms with van der Waals surface area (Å²) in [5.74, 6) is -3.03. The molecule has 0 heterocycles. The van der Waals surface area contributed by atoms with E-state index in [1.807, 2.05) is 30.3 Å². The Kier molecular flexibility index (Phi) is 4.87. The molecule has 6 nitrogen and oxygen atoms in total. The monoisotopic (exact) mass is 297 g/mol. The van der Waals surface area contributed by atoms with Gasteiger partial charge in [0.2, 0.25) is 0 Å². The lowest BCUT2D eigenvalue weighted by Gasteiger charge is -2.08. The van der Waals surface area contributed by atoms with Gasteiger partial charge in [-0.25, -0.2) is 0 Å². The molecule has 0 spiro atoms. The fraction of sp³-hybridized carbons (Fsp3) is 0.0625. The van der Waals surface area contributed by atoms with Crippen LogP contribution in [0.4, 0.5) is 5.69 Å². The Labute approximate surface area is 126 Å². The highest BCUT2D eigenvalue weighted by Gasteiger charge is 2.13. The summed E-state index contributed by atoms with van der Waals surface area (Å²) in [5, 5.41) is 15.5. The second kappa shape index (κ2) is 7.03. The third-order valence-corrected chi connectivity index (χ3v) is 2.86. The quantitative estimate of drug-likeness (QED) is 0.793. The number of benzene rings is 2. The van der Waals surface area contributed by atoms with E-state index in [1.54, 1.807) is 0 Å². The molecule has 2 aromatic carbocycles. The lowest BCUT2D eigenvalue weighted by molar-refractivity contribution is -0.255. The Hall–Kier alpha value is -3.15. The Morgan fingerprint density at radius 1 is 0.909 bits per heavy atom. The second-order valence-electron chi connectivity index (χ2n) is 4.49. The van der Waals surface area contributed by atoms with Crippen molar-refractivity contribution in [1.29, 1.82) is 0 Å². The highest BCUT2D eigenvalue weighted by molar-refractivity contribution is 6.39. The average molecular weight is 297 g/mol. The highest BCUT2D eigenvalue weighted by atomic mass is 16.4. The van der Waals surface area contributed by atoms with Crippen molar-refractivity contribution in [1.82, 2.24) is 5.32 Å². The number of aromatic carboxylic acids is 1. The Morgan fingerprint density at radius 3 is 2.32 bits per heavy atom. The molecule has 112 valence electrons. The number of rotatable bonds is 4. The number of nitrogens with one attached hydrogen (secondary N) is 2. The number of hydrogen-bond donors (Lipinski definition) is 2. The van der Waals surface area contributed by atoms with Gasteiger partial charge in [-0.1, -0.05) is 42.5 Å². The van der Waals surface area contributed by atoms with Crippen LogP contribution >= 0.6 is 0 Å². The largest absolute Gasteiger partial charge is 0.545 e. The van der Waals surface area contributed by atoms with Gasteiger partial charge in [0.05, 0.1) is 5.97 Å². The van der Waals surface area contributed by atoms with E-state index in [0.29, 0.717) is 0 Å². The van der Waals surface area contributed by atoms with Crippen molar-refractivity contribution in [3.63, 3.8) is 0 Å². The molecule has 0 atom stereocenters. The molecule has 0 unspecified atom stereocenters. The Morgan fingerprint density at radius 2 is 1.64 bits per heavy atom. The molecule has 0 radical (unpaired) electrons. The molecule has 2 rings (SSSR count). The summed E-state index contributed by atoms with van der Waals surface area (Å²) in [6.45, 7) is 0.228. The molecule has 0 fully saturated rings. The van der Waals surface area contributed by atoms with Crippen molar-refractivity contribution >= 4 is 23.5 Å². The normalized spacial score (nSPS) is 9.82. The maximum Gasteiger partial charge on any atom is 0.313 e. The van der Waals surface area contributed by atoms with Gasteiger partial charge in [0.1, 0.15) is 0 Å². The second-order valence-corrected chi connectivity index (χ2v) is 4.49. The standard InChI is InChI=1S/C16H14N2O4/c19-14(17-10-11-5-2-1-3-6-11)15(20)18-13-8-4-7-12(9-13)16(21)22/h1-9H,10H2,(H,17,19)(H,18,20)(H,21,22)/p-1. The van der Waals surface area contributed by atoms with E-state index in [4.69, 9.17) is 0 Å². The SMILES string of the molecule is O=C(NCc1ccccc1)C(=O)Nc1cccc(C(=O)[O-])c1. The fourth-order valence-electron chi connectivity index (χ4n) is 1.77. The molecule has 22 heavy (non-hydrogen) atoms. The van der Waals surface area contributed by atoms with Crippen molar-refractivity contribution in [3.8, 4) is 0 Å². The topological polar surface area (TPSA) is 98.3 Å². The zero-order valence-electron chi connectivity index (χ0n) is 11.5. The molecule has 0 aliphatic rings. The molecule has 6 heteroatoms. The van der Waals surface area contributed by atoms with Crippen molar-refractivity contribution in [2.75, 3.05) is 5.32 Å². The summed E-state index contributed by atoms with van der Waals surface area (Å²) in [5.41, 5.74) is 0.992. The van der Waals surface area contributed by atoms with Gasteiger partial charge in [-0.3, -0.25) is 9.59 Å². The van der Waals surface area contributed by atoms with Crippen LogP contribution in [0.25, 0.3) is 0 Å². The molecule has 0 bridgehead atoms. The van der Waals surface area contributed by atoms with E-state index >= 15 is 0 Å². The lowest BCUT2D eigenvalue weighted by atomic mass is 10.2. The van der Waals surface area contributed by atoms with Crippen LogP contribution in [0.1, 0.15) is 15.9 Å². The molecule has 0 aromatic heterocycles. The molecule has 0 aliphatic heterocycles. The van der Waals surface area contributed by atoms with Crippen LogP contribution in [-0.4, -0.2) is 17.8 Å². The van der Waals surface area contributed by atoms with Crippen LogP contribution < -0.4 is 15.7 Å². The van der Waals surface area contributed by atoms with Crippen molar-refractivity contribution in [3.05, 3.63) is 65.7 Å². The number of hydrogen-bond acceptors (Lipinski definition) is 4. The summed E-state index contributed by atoms with van der Waals surface area (Å²) in [6, 6.07) is 14.6. The molecule has 0 saturated carbocycles. The number of amides is 2. The number of carboxylic acids is 1. The number of carbonyl (C=O) groups is 3. The van der Waals surface area contributed by atoms with E-state index in [0.717, 1.165) is 5.56 Å². The van der Waals surface area contributed by atoms with Crippen LogP contribution in [0.5, 0.6) is 0 Å². The predicted molar refractivity (Wildman–Crippen MR) is 77.7 cm³/mol. The van der Waals surface area contributed by atoms with Crippen LogP contribution in [0, 0.1) is 0 Å². The smallest absolute Gasteiger partial charge is 0.313 e. The third-order valence-electron chi connectivity index (χ3n) is 2.86. The summed E-state index contributed by atoms with van der Waals surface area (Å²) in [6.07, 6.45) is 0. The minimum Gasteiger partial charge on any atom is -0.545 e. The van der Waals surface area contributed by atoms with Gasteiger partial charge in [0.25, 0.3) is 0 Å². The van der Waals surface area contributed by atoms with Crippen LogP contribution in [-0.2, 0) is 16.1 Å². The molecule has 0 saturated heterocycles.